The molecule has 0 aromatic carbocycles. The zero-order chi connectivity index (χ0) is 12.6. The first-order chi connectivity index (χ1) is 7.36. The van der Waals surface area contributed by atoms with Gasteiger partial charge in [0.05, 0.1) is 11.6 Å². The Morgan fingerprint density at radius 3 is 2.06 bits per heavy atom. The van der Waals surface area contributed by atoms with Crippen LogP contribution in [0.2, 0.25) is 0 Å². The molecule has 0 saturated heterocycles. The molecule has 8 heteroatoms. The normalized spacial score (nSPS) is 9.75. The molecular weight excluding hydrogens is 227 g/mol. The van der Waals surface area contributed by atoms with Crippen LogP contribution in [0.15, 0.2) is 24.5 Å². The second-order valence-corrected chi connectivity index (χ2v) is 2.47. The van der Waals surface area contributed by atoms with Gasteiger partial charge in [0, 0.05) is 16.9 Å². The van der Waals surface area contributed by atoms with Crippen molar-refractivity contribution >= 4 is 7.25 Å². The molecular formula is C8H9BF4N2O. The van der Waals surface area contributed by atoms with Crippen molar-refractivity contribution in [3.63, 3.8) is 0 Å². The zero-order valence-corrected chi connectivity index (χ0v) is 8.41. The van der Waals surface area contributed by atoms with Gasteiger partial charge in [0.15, 0.2) is 6.61 Å². The van der Waals surface area contributed by atoms with Gasteiger partial charge in [-0.2, -0.15) is 5.26 Å². The lowest BCUT2D eigenvalue weighted by Crippen LogP contribution is -2.41. The van der Waals surface area contributed by atoms with Crippen molar-refractivity contribution in [2.45, 2.75) is 6.92 Å². The molecule has 16 heavy (non-hydrogen) atoms. The Hall–Kier alpha value is -1.78. The lowest BCUT2D eigenvalue weighted by molar-refractivity contribution is -0.891. The third-order valence-corrected chi connectivity index (χ3v) is 1.21. The first-order valence-corrected chi connectivity index (χ1v) is 4.29. The molecule has 1 rings (SSSR count). The smallest absolute Gasteiger partial charge is 0.418 e. The monoisotopic (exact) mass is 236 g/mol. The van der Waals surface area contributed by atoms with E-state index in [0.29, 0.717) is 12.2 Å². The summed E-state index contributed by atoms with van der Waals surface area (Å²) in [6.07, 6.45) is 3.42. The van der Waals surface area contributed by atoms with Gasteiger partial charge in [0.25, 0.3) is 0 Å². The fourth-order valence-corrected chi connectivity index (χ4v) is 0.722. The van der Waals surface area contributed by atoms with E-state index in [1.807, 2.05) is 13.0 Å². The van der Waals surface area contributed by atoms with E-state index < -0.39 is 7.25 Å². The Morgan fingerprint density at radius 2 is 1.75 bits per heavy atom. The lowest BCUT2D eigenvalue weighted by atomic mass is 10.3. The standard InChI is InChI=1S/C8H9N2O.BF4/c1-2-11-10-5-3-8(7-9)4-6-10;2-1(3,4)5/h3-6H,2H2,1H3;/q+1;-1. The van der Waals surface area contributed by atoms with Crippen molar-refractivity contribution in [2.75, 3.05) is 6.61 Å². The molecule has 0 N–H and O–H groups in total. The largest absolute Gasteiger partial charge is 0.673 e. The summed E-state index contributed by atoms with van der Waals surface area (Å²) < 4.78 is 40.6. The average molecular weight is 236 g/mol. The Labute approximate surface area is 89.9 Å². The summed E-state index contributed by atoms with van der Waals surface area (Å²) in [6.45, 7) is 2.53. The third kappa shape index (κ3) is 8.81. The van der Waals surface area contributed by atoms with Crippen molar-refractivity contribution < 1.29 is 26.8 Å². The summed E-state index contributed by atoms with van der Waals surface area (Å²) in [6, 6.07) is 5.44. The molecule has 3 nitrogen and oxygen atoms in total. The molecule has 0 aliphatic heterocycles. The SMILES string of the molecule is CCO[n+]1ccc(C#N)cc1.F[B-](F)(F)F. The Kier molecular flexibility index (Phi) is 5.92. The molecule has 0 bridgehead atoms. The van der Waals surface area contributed by atoms with E-state index in [-0.39, 0.29) is 0 Å². The summed E-state index contributed by atoms with van der Waals surface area (Å²) in [5.41, 5.74) is 0.640. The van der Waals surface area contributed by atoms with Crippen molar-refractivity contribution in [2.24, 2.45) is 0 Å². The Bertz CT molecular complexity index is 341. The lowest BCUT2D eigenvalue weighted by Gasteiger charge is -1.94. The summed E-state index contributed by atoms with van der Waals surface area (Å²) in [7, 11) is -6.00. The van der Waals surface area contributed by atoms with Crippen LogP contribution < -0.4 is 9.57 Å². The second kappa shape index (κ2) is 6.66. The van der Waals surface area contributed by atoms with E-state index in [1.54, 1.807) is 29.3 Å². The van der Waals surface area contributed by atoms with Crippen LogP contribution in [0.4, 0.5) is 17.3 Å². The van der Waals surface area contributed by atoms with Gasteiger partial charge in [-0.1, -0.05) is 0 Å². The van der Waals surface area contributed by atoms with Gasteiger partial charge in [0.1, 0.15) is 0 Å². The highest BCUT2D eigenvalue weighted by Gasteiger charge is 2.20. The van der Waals surface area contributed by atoms with E-state index in [0.717, 1.165) is 0 Å². The number of nitrogens with zero attached hydrogens (tertiary/aromatic N) is 2. The minimum absolute atomic E-state index is 0.622. The molecule has 0 aliphatic carbocycles. The fraction of sp³-hybridized carbons (Fsp3) is 0.250. The summed E-state index contributed by atoms with van der Waals surface area (Å²) >= 11 is 0. The molecule has 1 heterocycles. The molecule has 0 radical (unpaired) electrons. The van der Waals surface area contributed by atoms with Gasteiger partial charge in [-0.25, -0.2) is 0 Å². The van der Waals surface area contributed by atoms with E-state index in [9.17, 15) is 17.3 Å². The zero-order valence-electron chi connectivity index (χ0n) is 8.41. The number of aromatic nitrogens is 1. The van der Waals surface area contributed by atoms with E-state index in [1.165, 1.54) is 0 Å². The number of hydrogen-bond donors (Lipinski definition) is 0. The van der Waals surface area contributed by atoms with E-state index in [4.69, 9.17) is 10.1 Å². The van der Waals surface area contributed by atoms with Crippen LogP contribution >= 0.6 is 0 Å². The van der Waals surface area contributed by atoms with Gasteiger partial charge < -0.3 is 17.3 Å². The number of rotatable bonds is 2. The van der Waals surface area contributed by atoms with Crippen LogP contribution in [0.3, 0.4) is 0 Å². The highest BCUT2D eigenvalue weighted by Crippen LogP contribution is 2.06. The average Bonchev–Trinajstić information content (AvgIpc) is 2.17. The topological polar surface area (TPSA) is 36.9 Å². The maximum absolute atomic E-state index is 9.75. The molecule has 0 atom stereocenters. The molecule has 0 aliphatic rings. The maximum atomic E-state index is 9.75. The predicted octanol–water partition coefficient (Wildman–Crippen LogP) is 1.59. The van der Waals surface area contributed by atoms with Crippen molar-refractivity contribution in [1.82, 2.24) is 0 Å². The predicted molar refractivity (Wildman–Crippen MR) is 48.7 cm³/mol. The number of pyridine rings is 1. The van der Waals surface area contributed by atoms with Gasteiger partial charge in [0.2, 0.25) is 12.4 Å². The first kappa shape index (κ1) is 14.2. The summed E-state index contributed by atoms with van der Waals surface area (Å²) in [5.74, 6) is 0. The molecule has 0 spiro atoms. The number of hydrogen-bond acceptors (Lipinski definition) is 2. The Balaban J connectivity index is 0.000000385. The van der Waals surface area contributed by atoms with Crippen molar-refractivity contribution in [3.8, 4) is 6.07 Å². The van der Waals surface area contributed by atoms with Gasteiger partial charge >= 0.3 is 7.25 Å². The van der Waals surface area contributed by atoms with Crippen LogP contribution in [0.5, 0.6) is 0 Å². The maximum Gasteiger partial charge on any atom is 0.673 e. The van der Waals surface area contributed by atoms with E-state index >= 15 is 0 Å². The quantitative estimate of drug-likeness (QED) is 0.444. The number of nitriles is 1. The van der Waals surface area contributed by atoms with Crippen LogP contribution in [-0.2, 0) is 0 Å². The van der Waals surface area contributed by atoms with Crippen molar-refractivity contribution in [3.05, 3.63) is 30.1 Å². The Morgan fingerprint density at radius 1 is 1.31 bits per heavy atom. The van der Waals surface area contributed by atoms with E-state index in [2.05, 4.69) is 0 Å². The van der Waals surface area contributed by atoms with Gasteiger partial charge in [-0.3, -0.25) is 4.84 Å². The molecule has 88 valence electrons. The molecule has 1 aromatic heterocycles. The minimum Gasteiger partial charge on any atom is -0.418 e. The highest BCUT2D eigenvalue weighted by molar-refractivity contribution is 6.50. The van der Waals surface area contributed by atoms with Crippen LogP contribution in [0.1, 0.15) is 12.5 Å². The van der Waals surface area contributed by atoms with Gasteiger partial charge in [-0.05, 0) is 6.92 Å². The second-order valence-electron chi connectivity index (χ2n) is 2.47. The molecule has 0 saturated carbocycles. The summed E-state index contributed by atoms with van der Waals surface area (Å²) in [4.78, 5) is 5.11. The van der Waals surface area contributed by atoms with Crippen LogP contribution in [0, 0.1) is 11.3 Å². The molecule has 0 amide bonds. The minimum atomic E-state index is -6.00. The third-order valence-electron chi connectivity index (χ3n) is 1.21. The fourth-order valence-electron chi connectivity index (χ4n) is 0.722. The van der Waals surface area contributed by atoms with Crippen molar-refractivity contribution in [1.29, 1.82) is 5.26 Å². The van der Waals surface area contributed by atoms with Crippen LogP contribution in [-0.4, -0.2) is 13.9 Å². The first-order valence-electron chi connectivity index (χ1n) is 4.29. The van der Waals surface area contributed by atoms with Gasteiger partial charge in [-0.15, -0.1) is 0 Å². The molecule has 0 fully saturated rings. The number of halogens is 4. The highest BCUT2D eigenvalue weighted by atomic mass is 19.5. The molecule has 0 unspecified atom stereocenters. The molecule has 1 aromatic rings. The van der Waals surface area contributed by atoms with Crippen LogP contribution in [0.25, 0.3) is 0 Å². The summed E-state index contributed by atoms with van der Waals surface area (Å²) in [5, 5.41) is 8.46.